The molecule has 0 bridgehead atoms. The summed E-state index contributed by atoms with van der Waals surface area (Å²) in [6.07, 6.45) is 0. The van der Waals surface area contributed by atoms with Crippen molar-refractivity contribution in [2.24, 2.45) is 5.92 Å². The van der Waals surface area contributed by atoms with E-state index < -0.39 is 11.9 Å². The number of amides is 2. The fourth-order valence-corrected chi connectivity index (χ4v) is 3.13. The Morgan fingerprint density at radius 1 is 1.00 bits per heavy atom. The van der Waals surface area contributed by atoms with Gasteiger partial charge in [0.1, 0.15) is 17.5 Å². The van der Waals surface area contributed by atoms with Crippen LogP contribution in [0.1, 0.15) is 29.8 Å². The summed E-state index contributed by atoms with van der Waals surface area (Å²) in [5.74, 6) is 0.122. The molecule has 1 atom stereocenters. The van der Waals surface area contributed by atoms with Crippen LogP contribution in [-0.2, 0) is 11.3 Å². The lowest BCUT2D eigenvalue weighted by Crippen LogP contribution is -2.49. The van der Waals surface area contributed by atoms with Gasteiger partial charge in [0.25, 0.3) is 5.91 Å². The lowest BCUT2D eigenvalue weighted by atomic mass is 10.0. The van der Waals surface area contributed by atoms with E-state index in [0.717, 1.165) is 5.56 Å². The van der Waals surface area contributed by atoms with E-state index in [1.807, 2.05) is 13.8 Å². The molecule has 2 aromatic rings. The Labute approximate surface area is 180 Å². The second-order valence-corrected chi connectivity index (χ2v) is 7.59. The van der Waals surface area contributed by atoms with Crippen molar-refractivity contribution in [3.8, 4) is 11.5 Å². The van der Waals surface area contributed by atoms with E-state index in [9.17, 15) is 9.59 Å². The Hall–Kier alpha value is -2.44. The molecule has 2 N–H and O–H groups in total. The Kier molecular flexibility index (Phi) is 8.17. The normalized spacial score (nSPS) is 11.7. The lowest BCUT2D eigenvalue weighted by molar-refractivity contribution is -0.124. The van der Waals surface area contributed by atoms with Gasteiger partial charge in [-0.2, -0.15) is 0 Å². The highest BCUT2D eigenvalue weighted by Gasteiger charge is 2.25. The van der Waals surface area contributed by atoms with Gasteiger partial charge < -0.3 is 20.1 Å². The third kappa shape index (κ3) is 6.27. The molecule has 0 spiro atoms. The maximum Gasteiger partial charge on any atom is 0.252 e. The number of hydrogen-bond acceptors (Lipinski definition) is 4. The number of hydrogen-bond donors (Lipinski definition) is 2. The quantitative estimate of drug-likeness (QED) is 0.650. The van der Waals surface area contributed by atoms with Gasteiger partial charge in [-0.25, -0.2) is 0 Å². The largest absolute Gasteiger partial charge is 0.497 e. The fraction of sp³-hybridized carbons (Fsp3) is 0.333. The van der Waals surface area contributed by atoms with Crippen LogP contribution in [0.2, 0.25) is 10.0 Å². The third-order valence-electron chi connectivity index (χ3n) is 4.32. The SMILES string of the molecule is COc1cc(OC)cc(C(=O)NC(C(=O)NCc2ccc(Cl)cc2Cl)C(C)C)c1. The van der Waals surface area contributed by atoms with E-state index in [1.54, 1.807) is 36.4 Å². The first kappa shape index (κ1) is 22.8. The van der Waals surface area contributed by atoms with Crippen LogP contribution in [0.3, 0.4) is 0 Å². The summed E-state index contributed by atoms with van der Waals surface area (Å²) >= 11 is 12.0. The minimum atomic E-state index is -0.731. The summed E-state index contributed by atoms with van der Waals surface area (Å²) in [4.78, 5) is 25.4. The molecule has 2 aromatic carbocycles. The molecule has 0 radical (unpaired) electrons. The van der Waals surface area contributed by atoms with Gasteiger partial charge in [-0.1, -0.05) is 43.1 Å². The van der Waals surface area contributed by atoms with Crippen LogP contribution >= 0.6 is 23.2 Å². The summed E-state index contributed by atoms with van der Waals surface area (Å²) in [6, 6.07) is 9.16. The molecule has 0 fully saturated rings. The molecule has 0 aliphatic rings. The maximum atomic E-state index is 12.7. The van der Waals surface area contributed by atoms with Crippen molar-refractivity contribution in [1.29, 1.82) is 0 Å². The number of ether oxygens (including phenoxy) is 2. The van der Waals surface area contributed by atoms with Crippen LogP contribution < -0.4 is 20.1 Å². The minimum Gasteiger partial charge on any atom is -0.497 e. The molecule has 6 nitrogen and oxygen atoms in total. The van der Waals surface area contributed by atoms with Gasteiger partial charge in [-0.05, 0) is 35.7 Å². The number of carbonyl (C=O) groups is 2. The number of halogens is 2. The topological polar surface area (TPSA) is 76.7 Å². The number of carbonyl (C=O) groups excluding carboxylic acids is 2. The predicted octanol–water partition coefficient (Wildman–Crippen LogP) is 4.08. The summed E-state index contributed by atoms with van der Waals surface area (Å²) in [7, 11) is 3.01. The molecule has 156 valence electrons. The van der Waals surface area contributed by atoms with E-state index in [2.05, 4.69) is 10.6 Å². The zero-order chi connectivity index (χ0) is 21.6. The molecule has 8 heteroatoms. The van der Waals surface area contributed by atoms with Gasteiger partial charge in [0.15, 0.2) is 0 Å². The predicted molar refractivity (Wildman–Crippen MR) is 114 cm³/mol. The molecule has 0 saturated carbocycles. The van der Waals surface area contributed by atoms with Crippen molar-refractivity contribution in [1.82, 2.24) is 10.6 Å². The van der Waals surface area contributed by atoms with Gasteiger partial charge in [0, 0.05) is 28.2 Å². The molecule has 0 aliphatic heterocycles. The fourth-order valence-electron chi connectivity index (χ4n) is 2.66. The van der Waals surface area contributed by atoms with Crippen molar-refractivity contribution >= 4 is 35.0 Å². The zero-order valence-electron chi connectivity index (χ0n) is 16.7. The first-order valence-corrected chi connectivity index (χ1v) is 9.76. The van der Waals surface area contributed by atoms with Gasteiger partial charge in [0.05, 0.1) is 14.2 Å². The van der Waals surface area contributed by atoms with Crippen molar-refractivity contribution in [3.63, 3.8) is 0 Å². The first-order chi connectivity index (χ1) is 13.7. The minimum absolute atomic E-state index is 0.132. The van der Waals surface area contributed by atoms with Gasteiger partial charge in [0.2, 0.25) is 5.91 Å². The Morgan fingerprint density at radius 3 is 2.14 bits per heavy atom. The summed E-state index contributed by atoms with van der Waals surface area (Å²) in [5, 5.41) is 6.57. The number of benzene rings is 2. The zero-order valence-corrected chi connectivity index (χ0v) is 18.2. The highest BCUT2D eigenvalue weighted by Crippen LogP contribution is 2.23. The number of nitrogens with one attached hydrogen (secondary N) is 2. The van der Waals surface area contributed by atoms with E-state index >= 15 is 0 Å². The molecule has 0 saturated heterocycles. The van der Waals surface area contributed by atoms with Crippen LogP contribution in [0.15, 0.2) is 36.4 Å². The molecule has 29 heavy (non-hydrogen) atoms. The molecule has 0 heterocycles. The molecule has 1 unspecified atom stereocenters. The van der Waals surface area contributed by atoms with E-state index in [-0.39, 0.29) is 18.4 Å². The van der Waals surface area contributed by atoms with Crippen molar-refractivity contribution < 1.29 is 19.1 Å². The van der Waals surface area contributed by atoms with Crippen LogP contribution in [-0.4, -0.2) is 32.1 Å². The lowest BCUT2D eigenvalue weighted by Gasteiger charge is -2.22. The molecular formula is C21H24Cl2N2O4. The van der Waals surface area contributed by atoms with Gasteiger partial charge in [-0.15, -0.1) is 0 Å². The summed E-state index contributed by atoms with van der Waals surface area (Å²) < 4.78 is 10.4. The monoisotopic (exact) mass is 438 g/mol. The van der Waals surface area contributed by atoms with Crippen LogP contribution in [0.5, 0.6) is 11.5 Å². The van der Waals surface area contributed by atoms with E-state index in [4.69, 9.17) is 32.7 Å². The van der Waals surface area contributed by atoms with Crippen LogP contribution in [0.25, 0.3) is 0 Å². The van der Waals surface area contributed by atoms with Gasteiger partial charge in [-0.3, -0.25) is 9.59 Å². The second kappa shape index (κ2) is 10.4. The van der Waals surface area contributed by atoms with Crippen molar-refractivity contribution in [2.45, 2.75) is 26.4 Å². The number of methoxy groups -OCH3 is 2. The smallest absolute Gasteiger partial charge is 0.252 e. The average Bonchev–Trinajstić information content (AvgIpc) is 2.70. The highest BCUT2D eigenvalue weighted by molar-refractivity contribution is 6.35. The maximum absolute atomic E-state index is 12.7. The third-order valence-corrected chi connectivity index (χ3v) is 4.90. The van der Waals surface area contributed by atoms with Crippen molar-refractivity contribution in [3.05, 3.63) is 57.6 Å². The Balaban J connectivity index is 2.10. The average molecular weight is 439 g/mol. The highest BCUT2D eigenvalue weighted by atomic mass is 35.5. The first-order valence-electron chi connectivity index (χ1n) is 9.00. The molecule has 2 rings (SSSR count). The van der Waals surface area contributed by atoms with Gasteiger partial charge >= 0.3 is 0 Å². The van der Waals surface area contributed by atoms with Crippen molar-refractivity contribution in [2.75, 3.05) is 14.2 Å². The van der Waals surface area contributed by atoms with E-state index in [1.165, 1.54) is 14.2 Å². The Morgan fingerprint density at radius 2 is 1.62 bits per heavy atom. The standard InChI is InChI=1S/C21H24Cl2N2O4/c1-12(2)19(21(27)24-11-13-5-6-15(22)9-18(13)23)25-20(26)14-7-16(28-3)10-17(8-14)29-4/h5-10,12,19H,11H2,1-4H3,(H,24,27)(H,25,26). The summed E-state index contributed by atoms with van der Waals surface area (Å²) in [5.41, 5.74) is 1.07. The van der Waals surface area contributed by atoms with Crippen LogP contribution in [0.4, 0.5) is 0 Å². The number of rotatable bonds is 8. The molecular weight excluding hydrogens is 415 g/mol. The molecule has 0 aromatic heterocycles. The van der Waals surface area contributed by atoms with E-state index in [0.29, 0.717) is 27.1 Å². The summed E-state index contributed by atoms with van der Waals surface area (Å²) in [6.45, 7) is 3.93. The van der Waals surface area contributed by atoms with Crippen LogP contribution in [0, 0.1) is 5.92 Å². The second-order valence-electron chi connectivity index (χ2n) is 6.75. The molecule has 2 amide bonds. The molecule has 0 aliphatic carbocycles. The Bertz CT molecular complexity index is 865.